The SMILES string of the molecule is Cc1ccc(C(NC(=O)c2cc(-n3ncc(=O)[nH]c3=O)cnc2Cl)C2CCCCC2)cc1. The van der Waals surface area contributed by atoms with Crippen LogP contribution in [0.3, 0.4) is 0 Å². The summed E-state index contributed by atoms with van der Waals surface area (Å²) in [6.07, 6.45) is 7.88. The van der Waals surface area contributed by atoms with Crippen LogP contribution in [0.15, 0.2) is 52.3 Å². The summed E-state index contributed by atoms with van der Waals surface area (Å²) in [7, 11) is 0. The molecule has 8 nitrogen and oxygen atoms in total. The van der Waals surface area contributed by atoms with Gasteiger partial charge in [0.1, 0.15) is 11.3 Å². The van der Waals surface area contributed by atoms with Crippen molar-refractivity contribution in [2.75, 3.05) is 0 Å². The Morgan fingerprint density at radius 3 is 2.56 bits per heavy atom. The molecule has 2 N–H and O–H groups in total. The second-order valence-corrected chi connectivity index (χ2v) is 8.50. The van der Waals surface area contributed by atoms with Gasteiger partial charge in [0.15, 0.2) is 0 Å². The van der Waals surface area contributed by atoms with Crippen molar-refractivity contribution in [2.24, 2.45) is 5.92 Å². The number of hydrogen-bond donors (Lipinski definition) is 2. The molecule has 1 aliphatic rings. The number of aromatic nitrogens is 4. The van der Waals surface area contributed by atoms with E-state index < -0.39 is 11.2 Å². The lowest BCUT2D eigenvalue weighted by Gasteiger charge is -2.31. The Hall–Kier alpha value is -3.26. The molecule has 1 aromatic carbocycles. The number of H-pyrrole nitrogens is 1. The van der Waals surface area contributed by atoms with Gasteiger partial charge in [-0.15, -0.1) is 0 Å². The highest BCUT2D eigenvalue weighted by Gasteiger charge is 2.28. The minimum Gasteiger partial charge on any atom is -0.345 e. The third-order valence-electron chi connectivity index (χ3n) is 5.87. The molecule has 166 valence electrons. The van der Waals surface area contributed by atoms with E-state index in [0.717, 1.165) is 47.7 Å². The van der Waals surface area contributed by atoms with Crippen LogP contribution >= 0.6 is 11.6 Å². The number of benzene rings is 1. The van der Waals surface area contributed by atoms with Crippen LogP contribution in [-0.4, -0.2) is 25.7 Å². The number of aryl methyl sites for hydroxylation is 1. The lowest BCUT2D eigenvalue weighted by molar-refractivity contribution is 0.0912. The molecule has 1 aliphatic carbocycles. The van der Waals surface area contributed by atoms with Crippen LogP contribution in [0.1, 0.15) is 59.6 Å². The van der Waals surface area contributed by atoms with E-state index in [0.29, 0.717) is 5.92 Å². The second kappa shape index (κ2) is 9.48. The number of carbonyl (C=O) groups excluding carboxylic acids is 1. The molecule has 0 bridgehead atoms. The average molecular weight is 454 g/mol. The summed E-state index contributed by atoms with van der Waals surface area (Å²) in [5, 5.41) is 6.99. The van der Waals surface area contributed by atoms with Gasteiger partial charge >= 0.3 is 5.69 Å². The largest absolute Gasteiger partial charge is 0.349 e. The summed E-state index contributed by atoms with van der Waals surface area (Å²) in [5.74, 6) is -0.0493. The highest BCUT2D eigenvalue weighted by atomic mass is 35.5. The lowest BCUT2D eigenvalue weighted by atomic mass is 9.81. The van der Waals surface area contributed by atoms with Crippen LogP contribution < -0.4 is 16.6 Å². The van der Waals surface area contributed by atoms with Gasteiger partial charge in [-0.2, -0.15) is 9.78 Å². The van der Waals surface area contributed by atoms with E-state index in [1.165, 1.54) is 18.7 Å². The van der Waals surface area contributed by atoms with Gasteiger partial charge in [-0.1, -0.05) is 60.7 Å². The minimum absolute atomic E-state index is 0.0232. The van der Waals surface area contributed by atoms with Gasteiger partial charge in [-0.25, -0.2) is 9.78 Å². The van der Waals surface area contributed by atoms with Crippen molar-refractivity contribution in [2.45, 2.75) is 45.1 Å². The molecule has 0 saturated heterocycles. The van der Waals surface area contributed by atoms with Crippen LogP contribution in [0.2, 0.25) is 5.15 Å². The number of rotatable bonds is 5. The first kappa shape index (κ1) is 22.0. The van der Waals surface area contributed by atoms with Crippen molar-refractivity contribution < 1.29 is 4.79 Å². The highest BCUT2D eigenvalue weighted by Crippen LogP contribution is 2.35. The van der Waals surface area contributed by atoms with Crippen molar-refractivity contribution in [3.05, 3.63) is 85.4 Å². The van der Waals surface area contributed by atoms with Crippen molar-refractivity contribution in [3.8, 4) is 5.69 Å². The van der Waals surface area contributed by atoms with E-state index in [1.807, 2.05) is 19.1 Å². The summed E-state index contributed by atoms with van der Waals surface area (Å²) < 4.78 is 0.958. The number of pyridine rings is 1. The standard InChI is InChI=1S/C23H24ClN5O3/c1-14-7-9-16(10-8-14)20(15-5-3-2-4-6-15)28-22(31)18-11-17(12-25-21(18)24)29-23(32)27-19(30)13-26-29/h7-13,15,20H,2-6H2,1H3,(H,28,31)(H,27,30,32). The summed E-state index contributed by atoms with van der Waals surface area (Å²) >= 11 is 6.24. The predicted octanol–water partition coefficient (Wildman–Crippen LogP) is 3.33. The number of aromatic amines is 1. The van der Waals surface area contributed by atoms with Gasteiger partial charge in [-0.05, 0) is 37.3 Å². The second-order valence-electron chi connectivity index (χ2n) is 8.14. The molecule has 1 unspecified atom stereocenters. The minimum atomic E-state index is -0.729. The Morgan fingerprint density at radius 1 is 1.16 bits per heavy atom. The molecular formula is C23H24ClN5O3. The summed E-state index contributed by atoms with van der Waals surface area (Å²) in [4.78, 5) is 42.9. The quantitative estimate of drug-likeness (QED) is 0.576. The topological polar surface area (TPSA) is 110 Å². The van der Waals surface area contributed by atoms with E-state index in [1.54, 1.807) is 0 Å². The van der Waals surface area contributed by atoms with E-state index in [4.69, 9.17) is 11.6 Å². The van der Waals surface area contributed by atoms with Crippen LogP contribution in [0.5, 0.6) is 0 Å². The van der Waals surface area contributed by atoms with Gasteiger partial charge in [0.25, 0.3) is 11.5 Å². The van der Waals surface area contributed by atoms with E-state index in [2.05, 4.69) is 32.5 Å². The third kappa shape index (κ3) is 4.80. The number of nitrogens with one attached hydrogen (secondary N) is 2. The number of nitrogens with zero attached hydrogens (tertiary/aromatic N) is 3. The molecule has 0 aliphatic heterocycles. The smallest absolute Gasteiger partial charge is 0.345 e. The Balaban J connectivity index is 1.66. The van der Waals surface area contributed by atoms with Gasteiger partial charge in [0.2, 0.25) is 0 Å². The number of amides is 1. The molecule has 2 heterocycles. The zero-order chi connectivity index (χ0) is 22.7. The average Bonchev–Trinajstić information content (AvgIpc) is 2.79. The first-order valence-corrected chi connectivity index (χ1v) is 11.0. The molecule has 1 amide bonds. The summed E-state index contributed by atoms with van der Waals surface area (Å²) in [5.41, 5.74) is 1.23. The maximum atomic E-state index is 13.3. The van der Waals surface area contributed by atoms with Gasteiger partial charge in [0.05, 0.1) is 23.5 Å². The first-order valence-electron chi connectivity index (χ1n) is 10.6. The summed E-state index contributed by atoms with van der Waals surface area (Å²) in [6, 6.07) is 9.48. The lowest BCUT2D eigenvalue weighted by Crippen LogP contribution is -2.35. The Kier molecular flexibility index (Phi) is 6.50. The maximum absolute atomic E-state index is 13.3. The van der Waals surface area contributed by atoms with Gasteiger partial charge in [0, 0.05) is 0 Å². The normalized spacial score (nSPS) is 15.3. The zero-order valence-electron chi connectivity index (χ0n) is 17.7. The fourth-order valence-electron chi connectivity index (χ4n) is 4.18. The first-order chi connectivity index (χ1) is 15.4. The summed E-state index contributed by atoms with van der Waals surface area (Å²) in [6.45, 7) is 2.03. The molecule has 1 fully saturated rings. The molecule has 0 radical (unpaired) electrons. The molecule has 4 rings (SSSR count). The third-order valence-corrected chi connectivity index (χ3v) is 6.17. The van der Waals surface area contributed by atoms with Crippen molar-refractivity contribution in [1.82, 2.24) is 25.1 Å². The predicted molar refractivity (Wildman–Crippen MR) is 121 cm³/mol. The van der Waals surface area contributed by atoms with Crippen LogP contribution in [-0.2, 0) is 0 Å². The fraction of sp³-hybridized carbons (Fsp3) is 0.348. The van der Waals surface area contributed by atoms with E-state index >= 15 is 0 Å². The molecule has 9 heteroatoms. The number of halogens is 1. The molecule has 32 heavy (non-hydrogen) atoms. The number of carbonyl (C=O) groups is 1. The van der Waals surface area contributed by atoms with Crippen molar-refractivity contribution >= 4 is 17.5 Å². The Morgan fingerprint density at radius 2 is 1.88 bits per heavy atom. The van der Waals surface area contributed by atoms with E-state index in [-0.39, 0.29) is 28.4 Å². The maximum Gasteiger partial charge on any atom is 0.349 e. The monoisotopic (exact) mass is 453 g/mol. The fourth-order valence-corrected chi connectivity index (χ4v) is 4.37. The van der Waals surface area contributed by atoms with Gasteiger partial charge in [-0.3, -0.25) is 14.6 Å². The molecule has 1 saturated carbocycles. The van der Waals surface area contributed by atoms with Crippen LogP contribution in [0.4, 0.5) is 0 Å². The zero-order valence-corrected chi connectivity index (χ0v) is 18.4. The molecule has 3 aromatic rings. The van der Waals surface area contributed by atoms with Crippen molar-refractivity contribution in [3.63, 3.8) is 0 Å². The van der Waals surface area contributed by atoms with E-state index in [9.17, 15) is 14.4 Å². The molecule has 1 atom stereocenters. The molecule has 0 spiro atoms. The Labute approximate surface area is 189 Å². The molecule has 2 aromatic heterocycles. The van der Waals surface area contributed by atoms with Gasteiger partial charge < -0.3 is 5.32 Å². The van der Waals surface area contributed by atoms with Crippen LogP contribution in [0.25, 0.3) is 5.69 Å². The Bertz CT molecular complexity index is 1230. The van der Waals surface area contributed by atoms with Crippen LogP contribution in [0, 0.1) is 12.8 Å². The highest BCUT2D eigenvalue weighted by molar-refractivity contribution is 6.32. The van der Waals surface area contributed by atoms with Crippen molar-refractivity contribution in [1.29, 1.82) is 0 Å². The number of hydrogen-bond acceptors (Lipinski definition) is 5. The molecular weight excluding hydrogens is 430 g/mol.